The van der Waals surface area contributed by atoms with Crippen LogP contribution in [0.2, 0.25) is 0 Å². The molecule has 1 amide bonds. The average molecular weight is 325 g/mol. The zero-order valence-corrected chi connectivity index (χ0v) is 12.9. The first-order valence-electron chi connectivity index (χ1n) is 7.21. The Labute approximate surface area is 137 Å². The molecule has 0 aliphatic heterocycles. The molecule has 0 atom stereocenters. The van der Waals surface area contributed by atoms with Crippen molar-refractivity contribution in [1.29, 1.82) is 0 Å². The molecule has 3 aromatic rings. The van der Waals surface area contributed by atoms with Crippen LogP contribution in [0, 0.1) is 0 Å². The number of anilines is 1. The highest BCUT2D eigenvalue weighted by molar-refractivity contribution is 5.99. The van der Waals surface area contributed by atoms with Crippen LogP contribution < -0.4 is 10.1 Å². The van der Waals surface area contributed by atoms with Crippen molar-refractivity contribution in [3.05, 3.63) is 54.4 Å². The van der Waals surface area contributed by atoms with Crippen LogP contribution in [-0.4, -0.2) is 33.4 Å². The Balaban J connectivity index is 1.66. The lowest BCUT2D eigenvalue weighted by Gasteiger charge is -2.08. The molecule has 1 aromatic heterocycles. The minimum atomic E-state index is -1.17. The highest BCUT2D eigenvalue weighted by Crippen LogP contribution is 2.20. The predicted octanol–water partition coefficient (Wildman–Crippen LogP) is 2.29. The van der Waals surface area contributed by atoms with Gasteiger partial charge in [-0.3, -0.25) is 9.48 Å². The van der Waals surface area contributed by atoms with Gasteiger partial charge >= 0.3 is 5.97 Å². The number of hydrogen-bond donors (Lipinski definition) is 2. The van der Waals surface area contributed by atoms with Crippen LogP contribution in [0.4, 0.5) is 5.69 Å². The number of amides is 1. The van der Waals surface area contributed by atoms with Crippen molar-refractivity contribution in [2.24, 2.45) is 7.05 Å². The number of fused-ring (bicyclic) bond motifs is 1. The highest BCUT2D eigenvalue weighted by atomic mass is 16.5. The maximum atomic E-state index is 12.0. The van der Waals surface area contributed by atoms with Gasteiger partial charge in [-0.05, 0) is 22.9 Å². The van der Waals surface area contributed by atoms with E-state index in [1.165, 1.54) is 17.9 Å². The molecule has 0 saturated heterocycles. The number of ether oxygens (including phenoxy) is 1. The van der Waals surface area contributed by atoms with E-state index in [0.29, 0.717) is 5.75 Å². The molecule has 0 unspecified atom stereocenters. The largest absolute Gasteiger partial charge is 0.484 e. The van der Waals surface area contributed by atoms with Crippen molar-refractivity contribution in [3.8, 4) is 5.75 Å². The van der Waals surface area contributed by atoms with Crippen molar-refractivity contribution in [2.75, 3.05) is 11.9 Å². The van der Waals surface area contributed by atoms with Gasteiger partial charge in [0.05, 0.1) is 11.9 Å². The monoisotopic (exact) mass is 325 g/mol. The molecule has 1 heterocycles. The van der Waals surface area contributed by atoms with E-state index in [1.807, 2.05) is 36.4 Å². The third kappa shape index (κ3) is 3.19. The first kappa shape index (κ1) is 15.5. The number of carbonyl (C=O) groups is 2. The summed E-state index contributed by atoms with van der Waals surface area (Å²) in [6.07, 6.45) is 1.29. The first-order chi connectivity index (χ1) is 11.5. The number of aromatic carboxylic acids is 1. The maximum Gasteiger partial charge on any atom is 0.356 e. The Kier molecular flexibility index (Phi) is 4.15. The summed E-state index contributed by atoms with van der Waals surface area (Å²) < 4.78 is 6.65. The third-order valence-corrected chi connectivity index (χ3v) is 3.51. The minimum absolute atomic E-state index is 0.0888. The number of aryl methyl sites for hydroxylation is 1. The SMILES string of the molecule is Cn1ncc(NC(=O)COc2ccc3ccccc3c2)c1C(=O)O. The van der Waals surface area contributed by atoms with Gasteiger partial charge in [-0.2, -0.15) is 5.10 Å². The zero-order valence-electron chi connectivity index (χ0n) is 12.9. The van der Waals surface area contributed by atoms with E-state index < -0.39 is 11.9 Å². The molecule has 0 radical (unpaired) electrons. The number of hydrogen-bond acceptors (Lipinski definition) is 4. The molecule has 2 N–H and O–H groups in total. The maximum absolute atomic E-state index is 12.0. The van der Waals surface area contributed by atoms with Gasteiger partial charge in [0.2, 0.25) is 0 Å². The standard InChI is InChI=1S/C17H15N3O4/c1-20-16(17(22)23)14(9-18-20)19-15(21)10-24-13-7-6-11-4-2-3-5-12(11)8-13/h2-9H,10H2,1H3,(H,19,21)(H,22,23). The zero-order chi connectivity index (χ0) is 17.1. The lowest BCUT2D eigenvalue weighted by molar-refractivity contribution is -0.118. The van der Waals surface area contributed by atoms with E-state index in [0.717, 1.165) is 10.8 Å². The number of rotatable bonds is 5. The van der Waals surface area contributed by atoms with E-state index in [-0.39, 0.29) is 18.0 Å². The Morgan fingerprint density at radius 2 is 1.96 bits per heavy atom. The summed E-state index contributed by atoms with van der Waals surface area (Å²) in [5, 5.41) is 17.5. The molecule has 24 heavy (non-hydrogen) atoms. The van der Waals surface area contributed by atoms with Crippen molar-refractivity contribution >= 4 is 28.3 Å². The van der Waals surface area contributed by atoms with Crippen molar-refractivity contribution in [2.45, 2.75) is 0 Å². The molecule has 0 bridgehead atoms. The van der Waals surface area contributed by atoms with Crippen LogP contribution in [0.1, 0.15) is 10.5 Å². The molecular formula is C17H15N3O4. The summed E-state index contributed by atoms with van der Waals surface area (Å²) in [5.74, 6) is -1.06. The van der Waals surface area contributed by atoms with Crippen LogP contribution in [0.5, 0.6) is 5.75 Å². The van der Waals surface area contributed by atoms with Gasteiger partial charge in [0, 0.05) is 7.05 Å². The molecular weight excluding hydrogens is 310 g/mol. The van der Waals surface area contributed by atoms with Gasteiger partial charge in [0.15, 0.2) is 12.3 Å². The van der Waals surface area contributed by atoms with E-state index >= 15 is 0 Å². The van der Waals surface area contributed by atoms with Crippen LogP contribution in [0.3, 0.4) is 0 Å². The van der Waals surface area contributed by atoms with Gasteiger partial charge in [-0.1, -0.05) is 30.3 Å². The van der Waals surface area contributed by atoms with Crippen LogP contribution in [-0.2, 0) is 11.8 Å². The number of nitrogens with zero attached hydrogens (tertiary/aromatic N) is 2. The minimum Gasteiger partial charge on any atom is -0.484 e. The first-order valence-corrected chi connectivity index (χ1v) is 7.21. The third-order valence-electron chi connectivity index (χ3n) is 3.51. The number of carboxylic acids is 1. The molecule has 7 heteroatoms. The van der Waals surface area contributed by atoms with Crippen LogP contribution >= 0.6 is 0 Å². The van der Waals surface area contributed by atoms with Gasteiger partial charge < -0.3 is 15.2 Å². The topological polar surface area (TPSA) is 93.5 Å². The number of carbonyl (C=O) groups excluding carboxylic acids is 1. The Bertz CT molecular complexity index is 917. The van der Waals surface area contributed by atoms with E-state index in [2.05, 4.69) is 10.4 Å². The van der Waals surface area contributed by atoms with Crippen LogP contribution in [0.15, 0.2) is 48.7 Å². The molecule has 0 aliphatic carbocycles. The number of benzene rings is 2. The summed E-state index contributed by atoms with van der Waals surface area (Å²) in [5.41, 5.74) is 0.0474. The fraction of sp³-hybridized carbons (Fsp3) is 0.118. The average Bonchev–Trinajstić information content (AvgIpc) is 2.93. The molecule has 0 fully saturated rings. The number of nitrogens with one attached hydrogen (secondary N) is 1. The Morgan fingerprint density at radius 1 is 1.21 bits per heavy atom. The predicted molar refractivity (Wildman–Crippen MR) is 88.2 cm³/mol. The van der Waals surface area contributed by atoms with Gasteiger partial charge in [-0.25, -0.2) is 4.79 Å². The van der Waals surface area contributed by atoms with E-state index in [1.54, 1.807) is 6.07 Å². The molecule has 2 aromatic carbocycles. The summed E-state index contributed by atoms with van der Waals surface area (Å²) in [6, 6.07) is 13.3. The van der Waals surface area contributed by atoms with Gasteiger partial charge in [0.1, 0.15) is 5.75 Å². The number of carboxylic acid groups (broad SMARTS) is 1. The molecule has 0 spiro atoms. The molecule has 7 nitrogen and oxygen atoms in total. The lowest BCUT2D eigenvalue weighted by Crippen LogP contribution is -2.21. The van der Waals surface area contributed by atoms with Crippen molar-refractivity contribution < 1.29 is 19.4 Å². The quantitative estimate of drug-likeness (QED) is 0.750. The normalized spacial score (nSPS) is 10.5. The highest BCUT2D eigenvalue weighted by Gasteiger charge is 2.17. The second-order valence-corrected chi connectivity index (χ2v) is 5.18. The summed E-state index contributed by atoms with van der Waals surface area (Å²) >= 11 is 0. The molecule has 122 valence electrons. The summed E-state index contributed by atoms with van der Waals surface area (Å²) in [6.45, 7) is -0.230. The van der Waals surface area contributed by atoms with E-state index in [9.17, 15) is 9.59 Å². The Hall–Kier alpha value is -3.35. The fourth-order valence-electron chi connectivity index (χ4n) is 2.37. The molecule has 0 saturated carbocycles. The fourth-order valence-corrected chi connectivity index (χ4v) is 2.37. The number of aromatic nitrogens is 2. The molecule has 0 aliphatic rings. The second-order valence-electron chi connectivity index (χ2n) is 5.18. The van der Waals surface area contributed by atoms with Crippen molar-refractivity contribution in [3.63, 3.8) is 0 Å². The second kappa shape index (κ2) is 6.41. The van der Waals surface area contributed by atoms with E-state index in [4.69, 9.17) is 9.84 Å². The van der Waals surface area contributed by atoms with Crippen LogP contribution in [0.25, 0.3) is 10.8 Å². The van der Waals surface area contributed by atoms with Gasteiger partial charge in [-0.15, -0.1) is 0 Å². The Morgan fingerprint density at radius 3 is 2.71 bits per heavy atom. The summed E-state index contributed by atoms with van der Waals surface area (Å²) in [7, 11) is 1.49. The lowest BCUT2D eigenvalue weighted by atomic mass is 10.1. The summed E-state index contributed by atoms with van der Waals surface area (Å²) in [4.78, 5) is 23.1. The van der Waals surface area contributed by atoms with Gasteiger partial charge in [0.25, 0.3) is 5.91 Å². The smallest absolute Gasteiger partial charge is 0.356 e. The van der Waals surface area contributed by atoms with Crippen molar-refractivity contribution in [1.82, 2.24) is 9.78 Å². The molecule has 3 rings (SSSR count).